The van der Waals surface area contributed by atoms with E-state index in [1.165, 1.54) is 16.3 Å². The lowest BCUT2D eigenvalue weighted by Crippen LogP contribution is -1.78. The molecule has 0 saturated heterocycles. The maximum absolute atomic E-state index is 5.09. The van der Waals surface area contributed by atoms with Gasteiger partial charge in [0.2, 0.25) is 0 Å². The van der Waals surface area contributed by atoms with Gasteiger partial charge in [-0.05, 0) is 41.7 Å². The summed E-state index contributed by atoms with van der Waals surface area (Å²) in [5.74, 6) is 7.85. The summed E-state index contributed by atoms with van der Waals surface area (Å²) >= 11 is 0. The van der Waals surface area contributed by atoms with Crippen molar-refractivity contribution in [3.05, 3.63) is 47.5 Å². The summed E-state index contributed by atoms with van der Waals surface area (Å²) in [4.78, 5) is 0. The molecule has 0 unspecified atom stereocenters. The van der Waals surface area contributed by atoms with Crippen LogP contribution in [-0.2, 0) is 0 Å². The molecule has 0 radical (unpaired) electrons. The molecule has 0 aliphatic carbocycles. The topological polar surface area (TPSA) is 0 Å². The van der Waals surface area contributed by atoms with Crippen molar-refractivity contribution in [2.24, 2.45) is 0 Å². The standard InChI is InChI=1S/C15H10/c1-3-4-5-13-7-9-14-10-12(2)6-8-15(14)11-13/h1,6-11H,2H3. The molecule has 2 aromatic rings. The molecule has 0 heterocycles. The zero-order valence-electron chi connectivity index (χ0n) is 8.54. The number of hydrogen-bond acceptors (Lipinski definition) is 0. The summed E-state index contributed by atoms with van der Waals surface area (Å²) in [6.07, 6.45) is 5.09. The van der Waals surface area contributed by atoms with Crippen LogP contribution in [0.1, 0.15) is 11.1 Å². The molecule has 0 bridgehead atoms. The lowest BCUT2D eigenvalue weighted by Gasteiger charge is -1.99. The highest BCUT2D eigenvalue weighted by Gasteiger charge is 1.94. The van der Waals surface area contributed by atoms with Crippen LogP contribution in [0.3, 0.4) is 0 Å². The SMILES string of the molecule is C#CC#Cc1ccc2cc(C)ccc2c1. The van der Waals surface area contributed by atoms with E-state index in [1.807, 2.05) is 6.07 Å². The minimum Gasteiger partial charge on any atom is -0.106 e. The molecule has 0 saturated carbocycles. The molecule has 0 heteroatoms. The molecule has 70 valence electrons. The predicted octanol–water partition coefficient (Wildman–Crippen LogP) is 3.13. The van der Waals surface area contributed by atoms with Crippen LogP contribution in [0.4, 0.5) is 0 Å². The van der Waals surface area contributed by atoms with Crippen LogP contribution < -0.4 is 0 Å². The largest absolute Gasteiger partial charge is 0.106 e. The molecule has 2 aromatic carbocycles. The van der Waals surface area contributed by atoms with Crippen molar-refractivity contribution < 1.29 is 0 Å². The van der Waals surface area contributed by atoms with Crippen LogP contribution in [-0.4, -0.2) is 0 Å². The van der Waals surface area contributed by atoms with Crippen LogP contribution in [0, 0.1) is 31.1 Å². The van der Waals surface area contributed by atoms with Gasteiger partial charge in [0.1, 0.15) is 0 Å². The Balaban J connectivity index is 2.58. The van der Waals surface area contributed by atoms with E-state index in [9.17, 15) is 0 Å². The Labute approximate surface area is 89.9 Å². The molecular weight excluding hydrogens is 180 g/mol. The van der Waals surface area contributed by atoms with E-state index in [0.717, 1.165) is 5.56 Å². The molecule has 0 aliphatic rings. The first-order chi connectivity index (χ1) is 7.29. The number of fused-ring (bicyclic) bond motifs is 1. The van der Waals surface area contributed by atoms with Gasteiger partial charge in [0.05, 0.1) is 0 Å². The van der Waals surface area contributed by atoms with Crippen molar-refractivity contribution in [2.45, 2.75) is 6.92 Å². The van der Waals surface area contributed by atoms with Gasteiger partial charge in [-0.1, -0.05) is 35.7 Å². The molecule has 0 atom stereocenters. The third-order valence-corrected chi connectivity index (χ3v) is 2.27. The minimum atomic E-state index is 0.962. The van der Waals surface area contributed by atoms with Crippen LogP contribution in [0.15, 0.2) is 36.4 Å². The smallest absolute Gasteiger partial charge is 0.0261 e. The average molecular weight is 190 g/mol. The first kappa shape index (κ1) is 9.38. The zero-order chi connectivity index (χ0) is 10.7. The fourth-order valence-corrected chi connectivity index (χ4v) is 1.55. The summed E-state index contributed by atoms with van der Waals surface area (Å²) in [7, 11) is 0. The van der Waals surface area contributed by atoms with Gasteiger partial charge in [0.25, 0.3) is 0 Å². The van der Waals surface area contributed by atoms with E-state index in [1.54, 1.807) is 0 Å². The molecular formula is C15H10. The summed E-state index contributed by atoms with van der Waals surface area (Å²) in [5.41, 5.74) is 2.23. The molecule has 0 nitrogen and oxygen atoms in total. The Morgan fingerprint density at radius 1 is 1.00 bits per heavy atom. The third kappa shape index (κ3) is 2.01. The molecule has 2 rings (SSSR count). The van der Waals surface area contributed by atoms with Crippen molar-refractivity contribution in [1.82, 2.24) is 0 Å². The van der Waals surface area contributed by atoms with Gasteiger partial charge < -0.3 is 0 Å². The van der Waals surface area contributed by atoms with Crippen LogP contribution in [0.5, 0.6) is 0 Å². The van der Waals surface area contributed by atoms with Crippen molar-refractivity contribution in [1.29, 1.82) is 0 Å². The molecule has 0 spiro atoms. The molecule has 0 aromatic heterocycles. The van der Waals surface area contributed by atoms with Gasteiger partial charge in [0, 0.05) is 5.56 Å². The van der Waals surface area contributed by atoms with Gasteiger partial charge in [-0.15, -0.1) is 6.42 Å². The van der Waals surface area contributed by atoms with Gasteiger partial charge >= 0.3 is 0 Å². The van der Waals surface area contributed by atoms with Crippen LogP contribution >= 0.6 is 0 Å². The van der Waals surface area contributed by atoms with Crippen molar-refractivity contribution in [2.75, 3.05) is 0 Å². The minimum absolute atomic E-state index is 0.962. The molecule has 15 heavy (non-hydrogen) atoms. The normalized spacial score (nSPS) is 9.07. The Kier molecular flexibility index (Phi) is 2.44. The van der Waals surface area contributed by atoms with E-state index in [0.29, 0.717) is 0 Å². The summed E-state index contributed by atoms with van der Waals surface area (Å²) in [5, 5.41) is 2.44. The summed E-state index contributed by atoms with van der Waals surface area (Å²) < 4.78 is 0. The molecule has 0 N–H and O–H groups in total. The van der Waals surface area contributed by atoms with Gasteiger partial charge in [-0.2, -0.15) is 0 Å². The molecule has 0 fully saturated rings. The zero-order valence-corrected chi connectivity index (χ0v) is 8.54. The van der Waals surface area contributed by atoms with Gasteiger partial charge in [0.15, 0.2) is 0 Å². The van der Waals surface area contributed by atoms with Crippen LogP contribution in [0.2, 0.25) is 0 Å². The summed E-state index contributed by atoms with van der Waals surface area (Å²) in [6, 6.07) is 12.5. The highest BCUT2D eigenvalue weighted by molar-refractivity contribution is 5.84. The quantitative estimate of drug-likeness (QED) is 0.560. The third-order valence-electron chi connectivity index (χ3n) is 2.27. The number of rotatable bonds is 0. The van der Waals surface area contributed by atoms with Crippen molar-refractivity contribution in [3.63, 3.8) is 0 Å². The van der Waals surface area contributed by atoms with Crippen molar-refractivity contribution >= 4 is 10.8 Å². The number of hydrogen-bond donors (Lipinski definition) is 0. The molecule has 0 aliphatic heterocycles. The highest BCUT2D eigenvalue weighted by atomic mass is 14.0. The number of aryl methyl sites for hydroxylation is 1. The van der Waals surface area contributed by atoms with E-state index in [-0.39, 0.29) is 0 Å². The predicted molar refractivity (Wildman–Crippen MR) is 64.4 cm³/mol. The summed E-state index contributed by atoms with van der Waals surface area (Å²) in [6.45, 7) is 2.09. The maximum Gasteiger partial charge on any atom is 0.0261 e. The first-order valence-corrected chi connectivity index (χ1v) is 4.76. The van der Waals surface area contributed by atoms with Gasteiger partial charge in [-0.3, -0.25) is 0 Å². The number of terminal acetylenes is 1. The van der Waals surface area contributed by atoms with Crippen molar-refractivity contribution in [3.8, 4) is 24.2 Å². The Hall–Kier alpha value is -2.18. The van der Waals surface area contributed by atoms with E-state index >= 15 is 0 Å². The maximum atomic E-state index is 5.09. The first-order valence-electron chi connectivity index (χ1n) is 4.76. The van der Waals surface area contributed by atoms with E-state index in [2.05, 4.69) is 55.0 Å². The Morgan fingerprint density at radius 3 is 2.53 bits per heavy atom. The highest BCUT2D eigenvalue weighted by Crippen LogP contribution is 2.17. The second-order valence-corrected chi connectivity index (χ2v) is 3.46. The van der Waals surface area contributed by atoms with Crippen LogP contribution in [0.25, 0.3) is 10.8 Å². The van der Waals surface area contributed by atoms with E-state index < -0.39 is 0 Å². The second-order valence-electron chi connectivity index (χ2n) is 3.46. The second kappa shape index (κ2) is 3.91. The fourth-order valence-electron chi connectivity index (χ4n) is 1.55. The fraction of sp³-hybridized carbons (Fsp3) is 0.0667. The Morgan fingerprint density at radius 2 is 1.73 bits per heavy atom. The number of benzene rings is 2. The van der Waals surface area contributed by atoms with Gasteiger partial charge in [-0.25, -0.2) is 0 Å². The van der Waals surface area contributed by atoms with E-state index in [4.69, 9.17) is 6.42 Å². The monoisotopic (exact) mass is 190 g/mol. The average Bonchev–Trinajstić information content (AvgIpc) is 2.26. The Bertz CT molecular complexity index is 601. The lowest BCUT2D eigenvalue weighted by molar-refractivity contribution is 1.50. The molecule has 0 amide bonds. The lowest BCUT2D eigenvalue weighted by atomic mass is 10.1.